The van der Waals surface area contributed by atoms with E-state index in [1.165, 1.54) is 13.2 Å². The van der Waals surface area contributed by atoms with Crippen LogP contribution in [0.1, 0.15) is 30.1 Å². The zero-order valence-corrected chi connectivity index (χ0v) is 16.6. The van der Waals surface area contributed by atoms with Crippen LogP contribution in [0.25, 0.3) is 0 Å². The highest BCUT2D eigenvalue weighted by Gasteiger charge is 2.31. The number of nitrogens with zero attached hydrogens (tertiary/aromatic N) is 3. The Balaban J connectivity index is 1.58. The number of carbonyl (C=O) groups is 2. The number of phenols is 1. The van der Waals surface area contributed by atoms with Crippen molar-refractivity contribution < 1.29 is 24.2 Å². The number of amides is 2. The van der Waals surface area contributed by atoms with Crippen LogP contribution in [0.4, 0.5) is 4.79 Å². The van der Waals surface area contributed by atoms with E-state index in [0.29, 0.717) is 44.1 Å². The second-order valence-electron chi connectivity index (χ2n) is 7.16. The predicted molar refractivity (Wildman–Crippen MR) is 104 cm³/mol. The Bertz CT molecular complexity index is 703. The Morgan fingerprint density at radius 1 is 1.14 bits per heavy atom. The van der Waals surface area contributed by atoms with Gasteiger partial charge in [0.1, 0.15) is 0 Å². The third-order valence-corrected chi connectivity index (χ3v) is 5.47. The third-order valence-electron chi connectivity index (χ3n) is 5.47. The third kappa shape index (κ3) is 4.49. The number of ether oxygens (including phenoxy) is 2. The number of methoxy groups -OCH3 is 1. The number of piperazine rings is 1. The van der Waals surface area contributed by atoms with Crippen molar-refractivity contribution in [3.8, 4) is 11.5 Å². The minimum Gasteiger partial charge on any atom is -0.504 e. The van der Waals surface area contributed by atoms with Crippen LogP contribution in [0.15, 0.2) is 18.2 Å². The molecule has 2 fully saturated rings. The van der Waals surface area contributed by atoms with Crippen molar-refractivity contribution in [1.82, 2.24) is 14.7 Å². The average molecular weight is 391 g/mol. The Labute approximate surface area is 165 Å². The fourth-order valence-corrected chi connectivity index (χ4v) is 3.93. The van der Waals surface area contributed by atoms with E-state index in [1.54, 1.807) is 17.0 Å². The molecule has 0 aromatic heterocycles. The number of benzene rings is 1. The molecular formula is C20H29N3O5. The van der Waals surface area contributed by atoms with Gasteiger partial charge in [-0.1, -0.05) is 0 Å². The maximum atomic E-state index is 12.9. The summed E-state index contributed by atoms with van der Waals surface area (Å²) in [4.78, 5) is 30.7. The Morgan fingerprint density at radius 3 is 2.54 bits per heavy atom. The lowest BCUT2D eigenvalue weighted by Gasteiger charge is -2.43. The Morgan fingerprint density at radius 2 is 1.89 bits per heavy atom. The van der Waals surface area contributed by atoms with Crippen molar-refractivity contribution in [2.45, 2.75) is 25.8 Å². The van der Waals surface area contributed by atoms with E-state index in [4.69, 9.17) is 9.47 Å². The van der Waals surface area contributed by atoms with Crippen molar-refractivity contribution in [1.29, 1.82) is 0 Å². The van der Waals surface area contributed by atoms with Crippen LogP contribution in [0.2, 0.25) is 0 Å². The van der Waals surface area contributed by atoms with E-state index in [2.05, 4.69) is 4.90 Å². The summed E-state index contributed by atoms with van der Waals surface area (Å²) in [6, 6.07) is 5.04. The predicted octanol–water partition coefficient (Wildman–Crippen LogP) is 1.78. The summed E-state index contributed by atoms with van der Waals surface area (Å²) in [5.41, 5.74) is 0.464. The molecule has 3 rings (SSSR count). The summed E-state index contributed by atoms with van der Waals surface area (Å²) in [7, 11) is 1.48. The first-order chi connectivity index (χ1) is 13.5. The van der Waals surface area contributed by atoms with E-state index in [-0.39, 0.29) is 23.8 Å². The first-order valence-electron chi connectivity index (χ1n) is 9.85. The van der Waals surface area contributed by atoms with Gasteiger partial charge in [-0.2, -0.15) is 0 Å². The molecule has 0 aliphatic carbocycles. The summed E-state index contributed by atoms with van der Waals surface area (Å²) < 4.78 is 10.1. The number of hydrogen-bond donors (Lipinski definition) is 1. The highest BCUT2D eigenvalue weighted by atomic mass is 16.6. The molecule has 8 nitrogen and oxygen atoms in total. The first kappa shape index (κ1) is 20.3. The average Bonchev–Trinajstić information content (AvgIpc) is 2.73. The number of likely N-dealkylation sites (tertiary alicyclic amines) is 1. The minimum absolute atomic E-state index is 0.0306. The van der Waals surface area contributed by atoms with Crippen molar-refractivity contribution >= 4 is 12.0 Å². The summed E-state index contributed by atoms with van der Waals surface area (Å²) in [5.74, 6) is 0.248. The number of hydrogen-bond acceptors (Lipinski definition) is 6. The molecular weight excluding hydrogens is 362 g/mol. The highest BCUT2D eigenvalue weighted by molar-refractivity contribution is 5.95. The molecule has 1 aromatic rings. The van der Waals surface area contributed by atoms with Crippen LogP contribution in [0, 0.1) is 0 Å². The molecule has 1 aromatic carbocycles. The lowest BCUT2D eigenvalue weighted by molar-refractivity contribution is 0.0378. The largest absolute Gasteiger partial charge is 0.504 e. The fourth-order valence-electron chi connectivity index (χ4n) is 3.93. The summed E-state index contributed by atoms with van der Waals surface area (Å²) in [6.45, 7) is 6.44. The van der Waals surface area contributed by atoms with E-state index in [1.807, 2.05) is 11.8 Å². The van der Waals surface area contributed by atoms with Crippen LogP contribution in [0.5, 0.6) is 11.5 Å². The highest BCUT2D eigenvalue weighted by Crippen LogP contribution is 2.27. The fraction of sp³-hybridized carbons (Fsp3) is 0.600. The van der Waals surface area contributed by atoms with Gasteiger partial charge in [-0.05, 0) is 38.0 Å². The van der Waals surface area contributed by atoms with Gasteiger partial charge in [-0.15, -0.1) is 0 Å². The van der Waals surface area contributed by atoms with Crippen LogP contribution in [-0.2, 0) is 4.74 Å². The van der Waals surface area contributed by atoms with Crippen molar-refractivity contribution in [3.05, 3.63) is 23.8 Å². The van der Waals surface area contributed by atoms with E-state index in [9.17, 15) is 14.7 Å². The van der Waals surface area contributed by atoms with Crippen molar-refractivity contribution in [3.63, 3.8) is 0 Å². The van der Waals surface area contributed by atoms with Crippen LogP contribution >= 0.6 is 0 Å². The van der Waals surface area contributed by atoms with Gasteiger partial charge in [0.2, 0.25) is 0 Å². The maximum Gasteiger partial charge on any atom is 0.409 e. The lowest BCUT2D eigenvalue weighted by atomic mass is 10.0. The molecule has 0 bridgehead atoms. The van der Waals surface area contributed by atoms with Gasteiger partial charge in [0, 0.05) is 50.9 Å². The van der Waals surface area contributed by atoms with Crippen LogP contribution in [0.3, 0.4) is 0 Å². The standard InChI is InChI=1S/C20H29N3O5/c1-3-28-20(26)22-11-9-21(10-12-22)16-5-4-8-23(14-16)19(25)15-6-7-18(27-2)17(24)13-15/h6-7,13,16,24H,3-5,8-12,14H2,1-2H3/t16-/m0/s1. The maximum absolute atomic E-state index is 12.9. The molecule has 0 unspecified atom stereocenters. The number of carbonyl (C=O) groups excluding carboxylic acids is 2. The van der Waals surface area contributed by atoms with E-state index < -0.39 is 0 Å². The summed E-state index contributed by atoms with van der Waals surface area (Å²) in [5, 5.41) is 9.96. The second-order valence-corrected chi connectivity index (χ2v) is 7.16. The SMILES string of the molecule is CCOC(=O)N1CCN([C@H]2CCCN(C(=O)c3ccc(OC)c(O)c3)C2)CC1. The molecule has 2 aliphatic heterocycles. The smallest absolute Gasteiger partial charge is 0.409 e. The molecule has 0 saturated carbocycles. The Kier molecular flexibility index (Phi) is 6.61. The zero-order chi connectivity index (χ0) is 20.1. The molecule has 0 spiro atoms. The molecule has 154 valence electrons. The molecule has 2 amide bonds. The molecule has 2 heterocycles. The van der Waals surface area contributed by atoms with Gasteiger partial charge in [0.15, 0.2) is 11.5 Å². The van der Waals surface area contributed by atoms with E-state index >= 15 is 0 Å². The van der Waals surface area contributed by atoms with Gasteiger partial charge in [0.05, 0.1) is 13.7 Å². The van der Waals surface area contributed by atoms with Gasteiger partial charge in [-0.25, -0.2) is 4.79 Å². The van der Waals surface area contributed by atoms with Gasteiger partial charge in [0.25, 0.3) is 5.91 Å². The van der Waals surface area contributed by atoms with Gasteiger partial charge >= 0.3 is 6.09 Å². The number of piperidine rings is 1. The lowest BCUT2D eigenvalue weighted by Crippen LogP contribution is -2.56. The minimum atomic E-state index is -0.248. The number of aromatic hydroxyl groups is 1. The van der Waals surface area contributed by atoms with E-state index in [0.717, 1.165) is 25.9 Å². The second kappa shape index (κ2) is 9.14. The monoisotopic (exact) mass is 391 g/mol. The molecule has 28 heavy (non-hydrogen) atoms. The van der Waals surface area contributed by atoms with Crippen molar-refractivity contribution in [2.75, 3.05) is 53.0 Å². The molecule has 0 radical (unpaired) electrons. The quantitative estimate of drug-likeness (QED) is 0.843. The van der Waals surface area contributed by atoms with Crippen molar-refractivity contribution in [2.24, 2.45) is 0 Å². The topological polar surface area (TPSA) is 82.6 Å². The molecule has 1 atom stereocenters. The first-order valence-corrected chi connectivity index (χ1v) is 9.85. The zero-order valence-electron chi connectivity index (χ0n) is 16.6. The normalized spacial score (nSPS) is 20.7. The summed E-state index contributed by atoms with van der Waals surface area (Å²) in [6.07, 6.45) is 1.73. The Hall–Kier alpha value is -2.48. The number of rotatable bonds is 4. The number of phenolic OH excluding ortho intramolecular Hbond substituents is 1. The summed E-state index contributed by atoms with van der Waals surface area (Å²) >= 11 is 0. The van der Waals surface area contributed by atoms with Crippen LogP contribution < -0.4 is 4.74 Å². The molecule has 8 heteroatoms. The molecule has 1 N–H and O–H groups in total. The van der Waals surface area contributed by atoms with Crippen LogP contribution in [-0.4, -0.2) is 90.8 Å². The molecule has 2 saturated heterocycles. The van der Waals surface area contributed by atoms with Gasteiger partial charge < -0.3 is 24.4 Å². The molecule has 2 aliphatic rings. The van der Waals surface area contributed by atoms with Gasteiger partial charge in [-0.3, -0.25) is 9.69 Å².